The standard InChI is InChI=1S/C25H26N4O4/c1-33-17-6-7-22-20(14-17)21(15-26-22)16-8-11-28(12-9-16)23(30)10-13-29-25(32)19-5-3-2-4-18(19)24(31)27-29/h2-7,14-16,26H,8-13H2,1H3,(H,27,31). The summed E-state index contributed by atoms with van der Waals surface area (Å²) in [6.45, 7) is 1.49. The molecule has 2 aromatic carbocycles. The van der Waals surface area contributed by atoms with Gasteiger partial charge >= 0.3 is 0 Å². The molecule has 8 heteroatoms. The molecule has 1 amide bonds. The molecule has 0 spiro atoms. The van der Waals surface area contributed by atoms with Crippen LogP contribution in [-0.2, 0) is 11.3 Å². The fourth-order valence-electron chi connectivity index (χ4n) is 4.80. The largest absolute Gasteiger partial charge is 0.497 e. The van der Waals surface area contributed by atoms with E-state index in [0.717, 1.165) is 24.1 Å². The summed E-state index contributed by atoms with van der Waals surface area (Å²) in [4.78, 5) is 42.9. The summed E-state index contributed by atoms with van der Waals surface area (Å²) >= 11 is 0. The Morgan fingerprint density at radius 3 is 2.58 bits per heavy atom. The van der Waals surface area contributed by atoms with Crippen molar-refractivity contribution in [2.45, 2.75) is 31.7 Å². The highest BCUT2D eigenvalue weighted by atomic mass is 16.5. The van der Waals surface area contributed by atoms with Crippen LogP contribution < -0.4 is 15.9 Å². The molecular formula is C25H26N4O4. The van der Waals surface area contributed by atoms with Gasteiger partial charge in [-0.3, -0.25) is 19.5 Å². The second-order valence-electron chi connectivity index (χ2n) is 8.50. The van der Waals surface area contributed by atoms with Gasteiger partial charge in [-0.2, -0.15) is 0 Å². The number of carbonyl (C=O) groups excluding carboxylic acids is 1. The van der Waals surface area contributed by atoms with Crippen LogP contribution in [0.25, 0.3) is 21.7 Å². The molecule has 0 radical (unpaired) electrons. The number of amides is 1. The Morgan fingerprint density at radius 1 is 1.06 bits per heavy atom. The molecule has 0 saturated carbocycles. The highest BCUT2D eigenvalue weighted by Gasteiger charge is 2.25. The average Bonchev–Trinajstić information content (AvgIpc) is 3.28. The second-order valence-corrected chi connectivity index (χ2v) is 8.50. The number of H-pyrrole nitrogens is 2. The molecule has 3 heterocycles. The SMILES string of the molecule is COc1ccc2[nH]cc(C3CCN(C(=O)CCn4[nH]c(=O)c5ccccc5c4=O)CC3)c2c1. The normalized spacial score (nSPS) is 14.8. The number of piperidine rings is 1. The zero-order valence-corrected chi connectivity index (χ0v) is 18.5. The average molecular weight is 447 g/mol. The van der Waals surface area contributed by atoms with Gasteiger partial charge in [-0.05, 0) is 54.7 Å². The van der Waals surface area contributed by atoms with Crippen molar-refractivity contribution in [3.8, 4) is 5.75 Å². The number of aryl methyl sites for hydroxylation is 1. The zero-order chi connectivity index (χ0) is 22.9. The van der Waals surface area contributed by atoms with Gasteiger partial charge in [0.05, 0.1) is 24.4 Å². The van der Waals surface area contributed by atoms with Crippen LogP contribution in [0.1, 0.15) is 30.7 Å². The monoisotopic (exact) mass is 446 g/mol. The maximum Gasteiger partial charge on any atom is 0.273 e. The molecule has 1 aliphatic rings. The number of methoxy groups -OCH3 is 1. The minimum absolute atomic E-state index is 0.00467. The van der Waals surface area contributed by atoms with Crippen LogP contribution in [0.3, 0.4) is 0 Å². The van der Waals surface area contributed by atoms with Crippen molar-refractivity contribution in [1.82, 2.24) is 19.7 Å². The second kappa shape index (κ2) is 8.61. The van der Waals surface area contributed by atoms with Crippen LogP contribution in [0.5, 0.6) is 5.75 Å². The molecule has 8 nitrogen and oxygen atoms in total. The molecule has 2 N–H and O–H groups in total. The number of hydrogen-bond donors (Lipinski definition) is 2. The minimum atomic E-state index is -0.325. The summed E-state index contributed by atoms with van der Waals surface area (Å²) in [5.41, 5.74) is 1.73. The van der Waals surface area contributed by atoms with Crippen LogP contribution in [0, 0.1) is 0 Å². The molecule has 2 aromatic heterocycles. The van der Waals surface area contributed by atoms with Crippen molar-refractivity contribution in [3.05, 3.63) is 74.9 Å². The van der Waals surface area contributed by atoms with Crippen molar-refractivity contribution in [2.75, 3.05) is 20.2 Å². The van der Waals surface area contributed by atoms with Gasteiger partial charge in [0.15, 0.2) is 0 Å². The molecule has 33 heavy (non-hydrogen) atoms. The highest BCUT2D eigenvalue weighted by Crippen LogP contribution is 2.34. The number of carbonyl (C=O) groups is 1. The third-order valence-electron chi connectivity index (χ3n) is 6.64. The van der Waals surface area contributed by atoms with Crippen LogP contribution >= 0.6 is 0 Å². The first-order valence-corrected chi connectivity index (χ1v) is 11.2. The number of likely N-dealkylation sites (tertiary alicyclic amines) is 1. The van der Waals surface area contributed by atoms with Crippen LogP contribution in [0.15, 0.2) is 58.3 Å². The number of nitrogens with one attached hydrogen (secondary N) is 2. The first-order valence-electron chi connectivity index (χ1n) is 11.2. The topological polar surface area (TPSA) is 100 Å². The molecule has 1 aliphatic heterocycles. The third-order valence-corrected chi connectivity index (χ3v) is 6.64. The lowest BCUT2D eigenvalue weighted by molar-refractivity contribution is -0.132. The van der Waals surface area contributed by atoms with Crippen molar-refractivity contribution < 1.29 is 9.53 Å². The first kappa shape index (κ1) is 21.1. The van der Waals surface area contributed by atoms with E-state index in [0.29, 0.717) is 29.8 Å². The van der Waals surface area contributed by atoms with E-state index < -0.39 is 0 Å². The Labute approximate surface area is 189 Å². The number of nitrogens with zero attached hydrogens (tertiary/aromatic N) is 2. The van der Waals surface area contributed by atoms with Crippen molar-refractivity contribution in [2.24, 2.45) is 0 Å². The van der Waals surface area contributed by atoms with E-state index >= 15 is 0 Å². The number of hydrogen-bond acceptors (Lipinski definition) is 4. The van der Waals surface area contributed by atoms with Gasteiger partial charge in [-0.25, -0.2) is 4.68 Å². The maximum absolute atomic E-state index is 12.8. The van der Waals surface area contributed by atoms with Gasteiger partial charge in [0.1, 0.15) is 5.75 Å². The van der Waals surface area contributed by atoms with Crippen LogP contribution in [-0.4, -0.2) is 45.8 Å². The van der Waals surface area contributed by atoms with Gasteiger partial charge in [0.25, 0.3) is 11.1 Å². The first-order chi connectivity index (χ1) is 16.0. The van der Waals surface area contributed by atoms with E-state index in [-0.39, 0.29) is 30.0 Å². The fraction of sp³-hybridized carbons (Fsp3) is 0.320. The molecule has 0 atom stereocenters. The van der Waals surface area contributed by atoms with E-state index in [9.17, 15) is 14.4 Å². The number of fused-ring (bicyclic) bond motifs is 2. The highest BCUT2D eigenvalue weighted by molar-refractivity contribution is 5.85. The van der Waals surface area contributed by atoms with Crippen molar-refractivity contribution in [3.63, 3.8) is 0 Å². The smallest absolute Gasteiger partial charge is 0.273 e. The number of benzene rings is 2. The third kappa shape index (κ3) is 3.92. The Morgan fingerprint density at radius 2 is 1.82 bits per heavy atom. The number of aromatic nitrogens is 3. The minimum Gasteiger partial charge on any atom is -0.497 e. The summed E-state index contributed by atoms with van der Waals surface area (Å²) in [6, 6.07) is 12.7. The summed E-state index contributed by atoms with van der Waals surface area (Å²) in [6.07, 6.45) is 3.99. The zero-order valence-electron chi connectivity index (χ0n) is 18.5. The Hall–Kier alpha value is -3.81. The Balaban J connectivity index is 1.24. The van der Waals surface area contributed by atoms with Gasteiger partial charge < -0.3 is 14.6 Å². The predicted molar refractivity (Wildman–Crippen MR) is 127 cm³/mol. The molecule has 5 rings (SSSR count). The van der Waals surface area contributed by atoms with Crippen LogP contribution in [0.4, 0.5) is 0 Å². The molecule has 4 aromatic rings. The van der Waals surface area contributed by atoms with Crippen LogP contribution in [0.2, 0.25) is 0 Å². The molecule has 0 bridgehead atoms. The van der Waals surface area contributed by atoms with E-state index in [1.807, 2.05) is 17.0 Å². The van der Waals surface area contributed by atoms with Crippen molar-refractivity contribution in [1.29, 1.82) is 0 Å². The van der Waals surface area contributed by atoms with Crippen molar-refractivity contribution >= 4 is 27.6 Å². The number of rotatable bonds is 5. The molecule has 1 fully saturated rings. The molecular weight excluding hydrogens is 420 g/mol. The van der Waals surface area contributed by atoms with E-state index in [2.05, 4.69) is 22.3 Å². The Bertz CT molecular complexity index is 1440. The molecule has 0 aliphatic carbocycles. The predicted octanol–water partition coefficient (Wildman–Crippen LogP) is 2.98. The maximum atomic E-state index is 12.8. The molecule has 0 unspecified atom stereocenters. The van der Waals surface area contributed by atoms with Gasteiger partial charge in [-0.15, -0.1) is 0 Å². The van der Waals surface area contributed by atoms with E-state index in [1.54, 1.807) is 31.4 Å². The lowest BCUT2D eigenvalue weighted by Crippen LogP contribution is -2.39. The van der Waals surface area contributed by atoms with Gasteiger partial charge in [-0.1, -0.05) is 12.1 Å². The lowest BCUT2D eigenvalue weighted by atomic mass is 9.89. The number of aromatic amines is 2. The summed E-state index contributed by atoms with van der Waals surface area (Å²) in [7, 11) is 1.67. The van der Waals surface area contributed by atoms with E-state index in [4.69, 9.17) is 4.74 Å². The van der Waals surface area contributed by atoms with E-state index in [1.165, 1.54) is 15.6 Å². The fourth-order valence-corrected chi connectivity index (χ4v) is 4.80. The molecule has 170 valence electrons. The summed E-state index contributed by atoms with van der Waals surface area (Å²) in [5, 5.41) is 4.49. The van der Waals surface area contributed by atoms with Gasteiger partial charge in [0.2, 0.25) is 5.91 Å². The summed E-state index contributed by atoms with van der Waals surface area (Å²) in [5.74, 6) is 1.20. The summed E-state index contributed by atoms with van der Waals surface area (Å²) < 4.78 is 6.62. The lowest BCUT2D eigenvalue weighted by Gasteiger charge is -2.32. The quantitative estimate of drug-likeness (QED) is 0.492. The Kier molecular flexibility index (Phi) is 5.50. The number of ether oxygens (including phenoxy) is 1. The van der Waals surface area contributed by atoms with Gasteiger partial charge in [0, 0.05) is 36.6 Å². The molecule has 1 saturated heterocycles.